The van der Waals surface area contributed by atoms with Gasteiger partial charge in [-0.15, -0.1) is 0 Å². The molecule has 1 aliphatic rings. The van der Waals surface area contributed by atoms with Crippen LogP contribution in [0.4, 0.5) is 5.82 Å². The monoisotopic (exact) mass is 393 g/mol. The van der Waals surface area contributed by atoms with Gasteiger partial charge in [-0.05, 0) is 44.5 Å². The molecule has 3 aromatic rings. The molecule has 2 aromatic carbocycles. The molecular formula is C22H23N3O2S. The number of aromatic nitrogens is 2. The predicted octanol–water partition coefficient (Wildman–Crippen LogP) is 4.64. The highest BCUT2D eigenvalue weighted by Gasteiger charge is 2.27. The van der Waals surface area contributed by atoms with Crippen LogP contribution in [0.25, 0.3) is 5.69 Å². The Morgan fingerprint density at radius 2 is 1.96 bits per heavy atom. The first-order valence-electron chi connectivity index (χ1n) is 9.31. The summed E-state index contributed by atoms with van der Waals surface area (Å²) in [6, 6.07) is 15.6. The van der Waals surface area contributed by atoms with Crippen molar-refractivity contribution in [2.45, 2.75) is 38.4 Å². The van der Waals surface area contributed by atoms with Crippen molar-refractivity contribution in [2.24, 2.45) is 0 Å². The van der Waals surface area contributed by atoms with Gasteiger partial charge in [-0.2, -0.15) is 16.9 Å². The smallest absolute Gasteiger partial charge is 0.266 e. The van der Waals surface area contributed by atoms with E-state index in [1.165, 1.54) is 5.56 Å². The molecule has 2 heterocycles. The molecule has 144 valence electrons. The lowest BCUT2D eigenvalue weighted by atomic mass is 10.1. The molecule has 1 amide bonds. The Labute approximate surface area is 169 Å². The van der Waals surface area contributed by atoms with Crippen molar-refractivity contribution in [3.05, 3.63) is 70.9 Å². The summed E-state index contributed by atoms with van der Waals surface area (Å²) in [6.07, 6.45) is -0.616. The summed E-state index contributed by atoms with van der Waals surface area (Å²) in [6.45, 7) is 5.90. The molecule has 0 saturated carbocycles. The van der Waals surface area contributed by atoms with E-state index in [9.17, 15) is 4.79 Å². The van der Waals surface area contributed by atoms with E-state index in [0.29, 0.717) is 5.75 Å². The summed E-state index contributed by atoms with van der Waals surface area (Å²) in [5, 5.41) is 7.86. The number of amides is 1. The SMILES string of the molecule is Cc1ccc(-n2nc3c(c2NC(=O)C(C)Oc2ccccc2)CSC3)c(C)c1. The van der Waals surface area contributed by atoms with Gasteiger partial charge in [0.25, 0.3) is 5.91 Å². The number of hydrogen-bond donors (Lipinski definition) is 1. The maximum absolute atomic E-state index is 12.9. The molecule has 6 heteroatoms. The molecular weight excluding hydrogens is 370 g/mol. The number of anilines is 1. The van der Waals surface area contributed by atoms with Crippen molar-refractivity contribution < 1.29 is 9.53 Å². The van der Waals surface area contributed by atoms with Gasteiger partial charge >= 0.3 is 0 Å². The van der Waals surface area contributed by atoms with E-state index in [1.807, 2.05) is 46.8 Å². The fraction of sp³-hybridized carbons (Fsp3) is 0.273. The predicted molar refractivity (Wildman–Crippen MR) is 113 cm³/mol. The zero-order chi connectivity index (χ0) is 19.7. The van der Waals surface area contributed by atoms with Crippen LogP contribution in [-0.2, 0) is 16.3 Å². The molecule has 1 atom stereocenters. The van der Waals surface area contributed by atoms with Crippen molar-refractivity contribution in [1.29, 1.82) is 0 Å². The van der Waals surface area contributed by atoms with E-state index in [2.05, 4.69) is 37.4 Å². The minimum atomic E-state index is -0.616. The molecule has 0 bridgehead atoms. The van der Waals surface area contributed by atoms with E-state index in [-0.39, 0.29) is 5.91 Å². The molecule has 0 spiro atoms. The summed E-state index contributed by atoms with van der Waals surface area (Å²) in [4.78, 5) is 12.9. The van der Waals surface area contributed by atoms with Gasteiger partial charge in [-0.1, -0.05) is 35.9 Å². The first-order valence-corrected chi connectivity index (χ1v) is 10.5. The fourth-order valence-electron chi connectivity index (χ4n) is 3.33. The Kier molecular flexibility index (Phi) is 5.13. The van der Waals surface area contributed by atoms with E-state index in [4.69, 9.17) is 9.84 Å². The van der Waals surface area contributed by atoms with Gasteiger partial charge < -0.3 is 10.1 Å². The maximum atomic E-state index is 12.9. The number of rotatable bonds is 5. The fourth-order valence-corrected chi connectivity index (χ4v) is 4.37. The van der Waals surface area contributed by atoms with E-state index in [1.54, 1.807) is 6.92 Å². The molecule has 1 aromatic heterocycles. The van der Waals surface area contributed by atoms with Crippen LogP contribution < -0.4 is 10.1 Å². The first-order chi connectivity index (χ1) is 13.5. The average Bonchev–Trinajstić information content (AvgIpc) is 3.25. The summed E-state index contributed by atoms with van der Waals surface area (Å²) in [7, 11) is 0. The van der Waals surface area contributed by atoms with Crippen LogP contribution in [0.1, 0.15) is 29.3 Å². The summed E-state index contributed by atoms with van der Waals surface area (Å²) < 4.78 is 7.65. The second kappa shape index (κ2) is 7.72. The van der Waals surface area contributed by atoms with Crippen LogP contribution >= 0.6 is 11.8 Å². The van der Waals surface area contributed by atoms with Crippen LogP contribution in [0.2, 0.25) is 0 Å². The second-order valence-corrected chi connectivity index (χ2v) is 8.02. The second-order valence-electron chi connectivity index (χ2n) is 7.03. The lowest BCUT2D eigenvalue weighted by Crippen LogP contribution is -2.31. The molecule has 28 heavy (non-hydrogen) atoms. The minimum Gasteiger partial charge on any atom is -0.481 e. The number of nitrogens with zero attached hydrogens (tertiary/aromatic N) is 2. The van der Waals surface area contributed by atoms with E-state index in [0.717, 1.165) is 39.8 Å². The van der Waals surface area contributed by atoms with Gasteiger partial charge in [0.1, 0.15) is 11.6 Å². The molecule has 0 saturated heterocycles. The van der Waals surface area contributed by atoms with Gasteiger partial charge in [-0.3, -0.25) is 4.79 Å². The lowest BCUT2D eigenvalue weighted by Gasteiger charge is -2.17. The van der Waals surface area contributed by atoms with Gasteiger partial charge in [0.05, 0.1) is 11.4 Å². The molecule has 4 rings (SSSR count). The van der Waals surface area contributed by atoms with Crippen LogP contribution in [0, 0.1) is 13.8 Å². The maximum Gasteiger partial charge on any atom is 0.266 e. The number of thioether (sulfide) groups is 1. The first kappa shape index (κ1) is 18.6. The van der Waals surface area contributed by atoms with Gasteiger partial charge in [0.15, 0.2) is 6.10 Å². The van der Waals surface area contributed by atoms with Crippen molar-refractivity contribution in [3.63, 3.8) is 0 Å². The number of hydrogen-bond acceptors (Lipinski definition) is 4. The number of aryl methyl sites for hydroxylation is 2. The summed E-state index contributed by atoms with van der Waals surface area (Å²) >= 11 is 1.81. The van der Waals surface area contributed by atoms with Gasteiger partial charge in [0, 0.05) is 17.1 Å². The number of fused-ring (bicyclic) bond motifs is 1. The zero-order valence-electron chi connectivity index (χ0n) is 16.2. The third-order valence-corrected chi connectivity index (χ3v) is 5.77. The molecule has 0 aliphatic carbocycles. The van der Waals surface area contributed by atoms with E-state index < -0.39 is 6.10 Å². The van der Waals surface area contributed by atoms with E-state index >= 15 is 0 Å². The highest BCUT2D eigenvalue weighted by molar-refractivity contribution is 7.98. The summed E-state index contributed by atoms with van der Waals surface area (Å²) in [5.74, 6) is 2.96. The van der Waals surface area contributed by atoms with Crippen molar-refractivity contribution in [3.8, 4) is 11.4 Å². The van der Waals surface area contributed by atoms with Crippen LogP contribution in [-0.4, -0.2) is 21.8 Å². The third-order valence-electron chi connectivity index (χ3n) is 4.80. The third kappa shape index (κ3) is 3.64. The van der Waals surface area contributed by atoms with Gasteiger partial charge in [-0.25, -0.2) is 4.68 Å². The topological polar surface area (TPSA) is 56.2 Å². The Morgan fingerprint density at radius 1 is 1.18 bits per heavy atom. The number of benzene rings is 2. The molecule has 0 radical (unpaired) electrons. The Balaban J connectivity index is 1.63. The largest absolute Gasteiger partial charge is 0.481 e. The molecule has 1 aliphatic heterocycles. The minimum absolute atomic E-state index is 0.186. The number of ether oxygens (including phenoxy) is 1. The van der Waals surface area contributed by atoms with Crippen LogP contribution in [0.3, 0.4) is 0 Å². The Morgan fingerprint density at radius 3 is 2.71 bits per heavy atom. The highest BCUT2D eigenvalue weighted by Crippen LogP contribution is 2.36. The molecule has 1 unspecified atom stereocenters. The zero-order valence-corrected chi connectivity index (χ0v) is 17.0. The lowest BCUT2D eigenvalue weighted by molar-refractivity contribution is -0.122. The Hall–Kier alpha value is -2.73. The van der Waals surface area contributed by atoms with Crippen LogP contribution in [0.5, 0.6) is 5.75 Å². The normalized spacial score (nSPS) is 13.8. The molecule has 0 fully saturated rings. The standard InChI is InChI=1S/C22H23N3O2S/c1-14-9-10-20(15(2)11-14)25-21(18-12-28-13-19(18)24-25)23-22(26)16(3)27-17-7-5-4-6-8-17/h4-11,16H,12-13H2,1-3H3,(H,23,26). The van der Waals surface area contributed by atoms with Crippen molar-refractivity contribution in [1.82, 2.24) is 9.78 Å². The Bertz CT molecular complexity index is 1010. The highest BCUT2D eigenvalue weighted by atomic mass is 32.2. The van der Waals surface area contributed by atoms with Crippen molar-refractivity contribution >= 4 is 23.5 Å². The molecule has 5 nitrogen and oxygen atoms in total. The number of nitrogens with one attached hydrogen (secondary N) is 1. The number of para-hydroxylation sites is 1. The average molecular weight is 394 g/mol. The quantitative estimate of drug-likeness (QED) is 0.686. The number of carbonyl (C=O) groups is 1. The molecule has 1 N–H and O–H groups in total. The van der Waals surface area contributed by atoms with Gasteiger partial charge in [0.2, 0.25) is 0 Å². The number of carbonyl (C=O) groups excluding carboxylic acids is 1. The van der Waals surface area contributed by atoms with Crippen molar-refractivity contribution in [2.75, 3.05) is 5.32 Å². The summed E-state index contributed by atoms with van der Waals surface area (Å²) in [5.41, 5.74) is 5.45. The van der Waals surface area contributed by atoms with Crippen LogP contribution in [0.15, 0.2) is 48.5 Å².